The molecular formula is C19H23N5O6. The number of hydrogen-bond donors (Lipinski definition) is 1. The molecule has 0 fully saturated rings. The van der Waals surface area contributed by atoms with Crippen molar-refractivity contribution in [2.75, 3.05) is 7.11 Å². The molecule has 0 unspecified atom stereocenters. The smallest absolute Gasteiger partial charge is 0.330 e. The summed E-state index contributed by atoms with van der Waals surface area (Å²) in [6.07, 6.45) is 1.63. The highest BCUT2D eigenvalue weighted by Crippen LogP contribution is 2.31. The molecule has 30 heavy (non-hydrogen) atoms. The van der Waals surface area contributed by atoms with Gasteiger partial charge in [0.25, 0.3) is 5.56 Å². The van der Waals surface area contributed by atoms with Crippen LogP contribution in [-0.2, 0) is 19.7 Å². The molecule has 0 atom stereocenters. The molecule has 0 bridgehead atoms. The van der Waals surface area contributed by atoms with Crippen molar-refractivity contribution in [2.24, 2.45) is 0 Å². The van der Waals surface area contributed by atoms with Crippen LogP contribution >= 0.6 is 0 Å². The number of nitrogens with zero attached hydrogens (tertiary/aromatic N) is 4. The lowest BCUT2D eigenvalue weighted by Crippen LogP contribution is -2.31. The molecule has 0 spiro atoms. The van der Waals surface area contributed by atoms with Crippen LogP contribution in [0.5, 0.6) is 11.5 Å². The predicted octanol–water partition coefficient (Wildman–Crippen LogP) is 2.20. The van der Waals surface area contributed by atoms with E-state index in [0.717, 1.165) is 12.8 Å². The molecule has 1 aromatic carbocycles. The number of ether oxygens (including phenoxy) is 2. The van der Waals surface area contributed by atoms with Crippen LogP contribution in [0.2, 0.25) is 0 Å². The fourth-order valence-corrected chi connectivity index (χ4v) is 3.22. The number of aromatic nitrogens is 4. The molecule has 11 nitrogen and oxygen atoms in total. The largest absolute Gasteiger partial charge is 0.496 e. The number of aryl methyl sites for hydroxylation is 2. The number of nitro benzene ring substituents is 1. The maximum atomic E-state index is 12.4. The first-order valence-electron chi connectivity index (χ1n) is 9.58. The fourth-order valence-electron chi connectivity index (χ4n) is 3.22. The Hall–Kier alpha value is -3.63. The highest BCUT2D eigenvalue weighted by molar-refractivity contribution is 5.71. The number of imidazole rings is 1. The number of benzene rings is 1. The number of nitrogens with one attached hydrogen (secondary N) is 1. The number of unbranched alkanes of at least 4 members (excludes halogenated alkanes) is 1. The van der Waals surface area contributed by atoms with Gasteiger partial charge in [-0.1, -0.05) is 13.3 Å². The van der Waals surface area contributed by atoms with Gasteiger partial charge in [0.15, 0.2) is 16.9 Å². The number of hydrogen-bond acceptors (Lipinski definition) is 7. The summed E-state index contributed by atoms with van der Waals surface area (Å²) in [5.41, 5.74) is -0.733. The quantitative estimate of drug-likeness (QED) is 0.416. The summed E-state index contributed by atoms with van der Waals surface area (Å²) in [6.45, 7) is 4.56. The van der Waals surface area contributed by atoms with Gasteiger partial charge in [0, 0.05) is 13.1 Å². The van der Waals surface area contributed by atoms with Crippen LogP contribution in [0.4, 0.5) is 5.69 Å². The summed E-state index contributed by atoms with van der Waals surface area (Å²) in [5.74, 6) is 0.771. The van der Waals surface area contributed by atoms with Crippen molar-refractivity contribution in [3.8, 4) is 11.5 Å². The van der Waals surface area contributed by atoms with Crippen molar-refractivity contribution in [1.82, 2.24) is 19.1 Å². The second-order valence-electron chi connectivity index (χ2n) is 6.59. The van der Waals surface area contributed by atoms with E-state index in [-0.39, 0.29) is 29.2 Å². The first-order chi connectivity index (χ1) is 14.4. The van der Waals surface area contributed by atoms with Gasteiger partial charge in [0.2, 0.25) is 0 Å². The Kier molecular flexibility index (Phi) is 6.19. The Balaban J connectivity index is 2.03. The highest BCUT2D eigenvalue weighted by atomic mass is 16.6. The van der Waals surface area contributed by atoms with Crippen molar-refractivity contribution in [1.29, 1.82) is 0 Å². The van der Waals surface area contributed by atoms with Crippen LogP contribution < -0.4 is 20.7 Å². The van der Waals surface area contributed by atoms with E-state index in [9.17, 15) is 19.7 Å². The molecule has 0 saturated heterocycles. The van der Waals surface area contributed by atoms with Gasteiger partial charge >= 0.3 is 11.4 Å². The van der Waals surface area contributed by atoms with E-state index < -0.39 is 16.2 Å². The predicted molar refractivity (Wildman–Crippen MR) is 109 cm³/mol. The van der Waals surface area contributed by atoms with Crippen LogP contribution in [0.3, 0.4) is 0 Å². The third kappa shape index (κ3) is 3.91. The fraction of sp³-hybridized carbons (Fsp3) is 0.421. The van der Waals surface area contributed by atoms with Gasteiger partial charge in [0.05, 0.1) is 18.1 Å². The second-order valence-corrected chi connectivity index (χ2v) is 6.59. The standard InChI is InChI=1S/C19H23N5O6/c1-4-6-9-23-17-16(18(25)21-19(23)26)22(5-2)15(20-17)11-30-14-8-7-12(29-3)10-13(14)24(27)28/h7-8,10H,4-6,9,11H2,1-3H3,(H,21,25,26). The molecule has 0 radical (unpaired) electrons. The molecule has 160 valence electrons. The topological polar surface area (TPSA) is 134 Å². The molecule has 0 aliphatic heterocycles. The highest BCUT2D eigenvalue weighted by Gasteiger charge is 2.20. The number of H-pyrrole nitrogens is 1. The summed E-state index contributed by atoms with van der Waals surface area (Å²) < 4.78 is 13.8. The Morgan fingerprint density at radius 3 is 2.63 bits per heavy atom. The molecule has 1 N–H and O–H groups in total. The molecule has 0 aliphatic rings. The van der Waals surface area contributed by atoms with E-state index in [0.29, 0.717) is 24.7 Å². The maximum Gasteiger partial charge on any atom is 0.330 e. The SMILES string of the molecule is CCCCn1c(=O)[nH]c(=O)c2c1nc(COc1ccc(OC)cc1[N+](=O)[O-])n2CC. The Labute approximate surface area is 171 Å². The minimum Gasteiger partial charge on any atom is -0.496 e. The number of fused-ring (bicyclic) bond motifs is 1. The van der Waals surface area contributed by atoms with Crippen LogP contribution in [0.15, 0.2) is 27.8 Å². The third-order valence-corrected chi connectivity index (χ3v) is 4.74. The van der Waals surface area contributed by atoms with Crippen LogP contribution in [0.1, 0.15) is 32.5 Å². The van der Waals surface area contributed by atoms with E-state index in [4.69, 9.17) is 9.47 Å². The Morgan fingerprint density at radius 2 is 2.00 bits per heavy atom. The van der Waals surface area contributed by atoms with E-state index in [2.05, 4.69) is 9.97 Å². The van der Waals surface area contributed by atoms with Gasteiger partial charge in [-0.3, -0.25) is 24.5 Å². The van der Waals surface area contributed by atoms with Crippen molar-refractivity contribution in [3.63, 3.8) is 0 Å². The van der Waals surface area contributed by atoms with Crippen LogP contribution in [-0.4, -0.2) is 31.1 Å². The molecule has 2 aromatic heterocycles. The van der Waals surface area contributed by atoms with Gasteiger partial charge in [-0.2, -0.15) is 0 Å². The third-order valence-electron chi connectivity index (χ3n) is 4.74. The summed E-state index contributed by atoms with van der Waals surface area (Å²) in [7, 11) is 1.42. The molecule has 0 amide bonds. The summed E-state index contributed by atoms with van der Waals surface area (Å²) in [5, 5.41) is 11.4. The lowest BCUT2D eigenvalue weighted by atomic mass is 10.3. The number of nitro groups is 1. The normalized spacial score (nSPS) is 11.0. The zero-order valence-corrected chi connectivity index (χ0v) is 17.0. The van der Waals surface area contributed by atoms with E-state index >= 15 is 0 Å². The minimum absolute atomic E-state index is 0.0489. The van der Waals surface area contributed by atoms with Gasteiger partial charge in [-0.15, -0.1) is 0 Å². The average molecular weight is 417 g/mol. The van der Waals surface area contributed by atoms with Crippen LogP contribution in [0.25, 0.3) is 11.2 Å². The monoisotopic (exact) mass is 417 g/mol. The minimum atomic E-state index is -0.562. The lowest BCUT2D eigenvalue weighted by Gasteiger charge is -2.09. The van der Waals surface area contributed by atoms with Crippen molar-refractivity contribution >= 4 is 16.9 Å². The summed E-state index contributed by atoms with van der Waals surface area (Å²) >= 11 is 0. The first kappa shape index (κ1) is 21.1. The molecule has 2 heterocycles. The Bertz CT molecular complexity index is 1190. The first-order valence-corrected chi connectivity index (χ1v) is 9.58. The van der Waals surface area contributed by atoms with Gasteiger partial charge in [0.1, 0.15) is 18.2 Å². The number of rotatable bonds is 9. The molecule has 0 aliphatic carbocycles. The van der Waals surface area contributed by atoms with Gasteiger partial charge in [-0.25, -0.2) is 9.78 Å². The van der Waals surface area contributed by atoms with Crippen molar-refractivity contribution in [2.45, 2.75) is 46.4 Å². The second kappa shape index (κ2) is 8.80. The number of methoxy groups -OCH3 is 1. The van der Waals surface area contributed by atoms with Gasteiger partial charge in [-0.05, 0) is 25.5 Å². The van der Waals surface area contributed by atoms with E-state index in [1.54, 1.807) is 10.6 Å². The lowest BCUT2D eigenvalue weighted by molar-refractivity contribution is -0.386. The molecule has 3 aromatic rings. The summed E-state index contributed by atoms with van der Waals surface area (Å²) in [6, 6.07) is 4.27. The molecule has 3 rings (SSSR count). The Morgan fingerprint density at radius 1 is 1.23 bits per heavy atom. The zero-order valence-electron chi connectivity index (χ0n) is 17.0. The molecule has 0 saturated carbocycles. The van der Waals surface area contributed by atoms with Crippen molar-refractivity contribution < 1.29 is 14.4 Å². The summed E-state index contributed by atoms with van der Waals surface area (Å²) in [4.78, 5) is 42.3. The van der Waals surface area contributed by atoms with Gasteiger partial charge < -0.3 is 14.0 Å². The van der Waals surface area contributed by atoms with Crippen LogP contribution in [0, 0.1) is 10.1 Å². The average Bonchev–Trinajstić information content (AvgIpc) is 3.10. The van der Waals surface area contributed by atoms with E-state index in [1.807, 2.05) is 13.8 Å². The maximum absolute atomic E-state index is 12.4. The zero-order chi connectivity index (χ0) is 21.8. The van der Waals surface area contributed by atoms with Crippen molar-refractivity contribution in [3.05, 3.63) is 55.0 Å². The molecular weight excluding hydrogens is 394 g/mol. The van der Waals surface area contributed by atoms with E-state index in [1.165, 1.54) is 23.8 Å². The molecule has 11 heteroatoms. The number of aromatic amines is 1.